The molecule has 1 fully saturated rings. The van der Waals surface area contributed by atoms with Crippen molar-refractivity contribution in [2.45, 2.75) is 148 Å². The van der Waals surface area contributed by atoms with E-state index in [9.17, 15) is 14.4 Å². The van der Waals surface area contributed by atoms with Gasteiger partial charge in [-0.1, -0.05) is 96.1 Å². The summed E-state index contributed by atoms with van der Waals surface area (Å²) in [5, 5.41) is 5.75. The Hall–Kier alpha value is -2.16. The molecule has 0 aliphatic carbocycles. The molecular weight excluding hydrogens is 572 g/mol. The fourth-order valence-corrected chi connectivity index (χ4v) is 5.81. The van der Waals surface area contributed by atoms with E-state index in [1.807, 2.05) is 38.1 Å². The van der Waals surface area contributed by atoms with Gasteiger partial charge in [-0.3, -0.25) is 14.4 Å². The third-order valence-electron chi connectivity index (χ3n) is 7.81. The van der Waals surface area contributed by atoms with Gasteiger partial charge in [0.05, 0.1) is 6.61 Å². The zero-order valence-electron chi connectivity index (χ0n) is 28.0. The van der Waals surface area contributed by atoms with Crippen LogP contribution in [0.25, 0.3) is 0 Å². The summed E-state index contributed by atoms with van der Waals surface area (Å²) in [6.45, 7) is 10.4. The monoisotopic (exact) mass is 630 g/mol. The molecule has 0 saturated carbocycles. The molecule has 1 atom stereocenters. The van der Waals surface area contributed by atoms with Crippen molar-refractivity contribution in [1.29, 1.82) is 0 Å². The zero-order chi connectivity index (χ0) is 32.3. The van der Waals surface area contributed by atoms with Crippen molar-refractivity contribution in [3.8, 4) is 0 Å². The number of amides is 2. The molecule has 1 aliphatic heterocycles. The first kappa shape index (κ1) is 38.0. The van der Waals surface area contributed by atoms with Crippen LogP contribution in [0, 0.1) is 5.41 Å². The molecule has 1 aromatic carbocycles. The molecule has 0 bridgehead atoms. The lowest BCUT2D eigenvalue weighted by Gasteiger charge is -2.44. The summed E-state index contributed by atoms with van der Waals surface area (Å²) >= 11 is 1.13. The smallest absolute Gasteiger partial charge is 0.249 e. The van der Waals surface area contributed by atoms with Crippen LogP contribution in [0.4, 0.5) is 5.69 Å². The van der Waals surface area contributed by atoms with Crippen LogP contribution >= 0.6 is 11.8 Å². The topological polar surface area (TPSA) is 93.7 Å². The Kier molecular flexibility index (Phi) is 18.0. The lowest BCUT2D eigenvalue weighted by Crippen LogP contribution is -2.56. The molecule has 7 nitrogen and oxygen atoms in total. The average Bonchev–Trinajstić information content (AvgIpc) is 2.97. The van der Waals surface area contributed by atoms with E-state index < -0.39 is 17.3 Å². The number of carbonyl (C=O) groups is 3. The Morgan fingerprint density at radius 3 is 2.07 bits per heavy atom. The van der Waals surface area contributed by atoms with Crippen LogP contribution in [-0.4, -0.2) is 42.0 Å². The number of rotatable bonds is 21. The molecule has 2 amide bonds. The highest BCUT2D eigenvalue weighted by Crippen LogP contribution is 2.35. The second-order valence-electron chi connectivity index (χ2n) is 13.1. The maximum absolute atomic E-state index is 12.7. The number of anilines is 1. The number of hydrogen-bond donors (Lipinski definition) is 2. The molecule has 0 radical (unpaired) electrons. The van der Waals surface area contributed by atoms with Gasteiger partial charge in [-0.2, -0.15) is 0 Å². The minimum absolute atomic E-state index is 0.0231. The van der Waals surface area contributed by atoms with E-state index in [0.717, 1.165) is 41.6 Å². The zero-order valence-corrected chi connectivity index (χ0v) is 28.8. The summed E-state index contributed by atoms with van der Waals surface area (Å²) in [5.41, 5.74) is 0.272. The molecule has 8 heteroatoms. The average molecular weight is 631 g/mol. The summed E-state index contributed by atoms with van der Waals surface area (Å²) < 4.78 is 11.5. The van der Waals surface area contributed by atoms with Gasteiger partial charge in [-0.05, 0) is 70.2 Å². The lowest BCUT2D eigenvalue weighted by atomic mass is 9.85. The van der Waals surface area contributed by atoms with Crippen LogP contribution < -0.4 is 10.6 Å². The van der Waals surface area contributed by atoms with Crippen molar-refractivity contribution in [2.75, 3.05) is 18.5 Å². The Bertz CT molecular complexity index is 1020. The lowest BCUT2D eigenvalue weighted by molar-refractivity contribution is -0.304. The summed E-state index contributed by atoms with van der Waals surface area (Å²) in [6, 6.07) is 7.31. The predicted octanol–water partition coefficient (Wildman–Crippen LogP) is 8.97. The summed E-state index contributed by atoms with van der Waals surface area (Å²) in [4.78, 5) is 38.3. The maximum Gasteiger partial charge on any atom is 0.249 e. The number of allylic oxidation sites excluding steroid dienone is 2. The van der Waals surface area contributed by atoms with Crippen molar-refractivity contribution in [3.63, 3.8) is 0 Å². The first-order chi connectivity index (χ1) is 21.0. The Balaban J connectivity index is 1.52. The van der Waals surface area contributed by atoms with E-state index in [4.69, 9.17) is 9.47 Å². The van der Waals surface area contributed by atoms with Gasteiger partial charge in [0.1, 0.15) is 6.10 Å². The highest BCUT2D eigenvalue weighted by atomic mass is 32.2. The number of nitrogens with one attached hydrogen (secondary N) is 2. The van der Waals surface area contributed by atoms with E-state index in [1.54, 1.807) is 13.8 Å². The molecule has 0 aromatic heterocycles. The summed E-state index contributed by atoms with van der Waals surface area (Å²) in [5.74, 6) is -1.03. The van der Waals surface area contributed by atoms with E-state index in [0.29, 0.717) is 13.0 Å². The fourth-order valence-electron chi connectivity index (χ4n) is 5.07. The Morgan fingerprint density at radius 2 is 1.43 bits per heavy atom. The normalized spacial score (nSPS) is 17.4. The SMILES string of the molecule is CCCCCCCC/C=C\CCCCCCCC(=O)Nc1ccc(SC(=O)CCNC(=O)C2OC(C)(C)OCC2(C)C)cc1. The van der Waals surface area contributed by atoms with E-state index >= 15 is 0 Å². The minimum Gasteiger partial charge on any atom is -0.353 e. The highest BCUT2D eigenvalue weighted by Gasteiger charge is 2.45. The van der Waals surface area contributed by atoms with Crippen LogP contribution in [0.5, 0.6) is 0 Å². The van der Waals surface area contributed by atoms with Crippen molar-refractivity contribution in [1.82, 2.24) is 5.32 Å². The summed E-state index contributed by atoms with van der Waals surface area (Å²) in [7, 11) is 0. The molecule has 2 rings (SSSR count). The van der Waals surface area contributed by atoms with Crippen molar-refractivity contribution in [2.24, 2.45) is 5.41 Å². The van der Waals surface area contributed by atoms with Gasteiger partial charge in [0.25, 0.3) is 0 Å². The van der Waals surface area contributed by atoms with Crippen LogP contribution in [-0.2, 0) is 23.9 Å². The molecule has 1 aromatic rings. The molecule has 1 saturated heterocycles. The number of benzene rings is 1. The van der Waals surface area contributed by atoms with Gasteiger partial charge in [-0.25, -0.2) is 0 Å². The van der Waals surface area contributed by atoms with Gasteiger partial charge in [-0.15, -0.1) is 0 Å². The van der Waals surface area contributed by atoms with Gasteiger partial charge < -0.3 is 20.1 Å². The van der Waals surface area contributed by atoms with E-state index in [2.05, 4.69) is 29.7 Å². The van der Waals surface area contributed by atoms with Crippen molar-refractivity contribution < 1.29 is 23.9 Å². The van der Waals surface area contributed by atoms with Crippen LogP contribution in [0.3, 0.4) is 0 Å². The van der Waals surface area contributed by atoms with Crippen LogP contribution in [0.2, 0.25) is 0 Å². The van der Waals surface area contributed by atoms with E-state index in [1.165, 1.54) is 64.2 Å². The molecule has 1 unspecified atom stereocenters. The number of unbranched alkanes of at least 4 members (excludes halogenated alkanes) is 11. The van der Waals surface area contributed by atoms with Gasteiger partial charge in [0.15, 0.2) is 10.9 Å². The van der Waals surface area contributed by atoms with Crippen LogP contribution in [0.15, 0.2) is 41.3 Å². The third-order valence-corrected chi connectivity index (χ3v) is 8.74. The number of hydrogen-bond acceptors (Lipinski definition) is 6. The maximum atomic E-state index is 12.7. The first-order valence-corrected chi connectivity index (χ1v) is 17.7. The first-order valence-electron chi connectivity index (χ1n) is 16.9. The second kappa shape index (κ2) is 20.8. The van der Waals surface area contributed by atoms with E-state index in [-0.39, 0.29) is 29.9 Å². The van der Waals surface area contributed by atoms with Gasteiger partial charge in [0.2, 0.25) is 11.8 Å². The van der Waals surface area contributed by atoms with Crippen molar-refractivity contribution >= 4 is 34.4 Å². The minimum atomic E-state index is -0.821. The molecule has 44 heavy (non-hydrogen) atoms. The molecule has 2 N–H and O–H groups in total. The second-order valence-corrected chi connectivity index (χ2v) is 14.2. The molecule has 248 valence electrons. The number of ether oxygens (including phenoxy) is 2. The Labute approximate surface area is 271 Å². The molecular formula is C36H58N2O5S. The fraction of sp³-hybridized carbons (Fsp3) is 0.694. The molecule has 1 aliphatic rings. The standard InChI is InChI=1S/C36H58N2O5S/c1-6-7-8-9-10-11-12-13-14-15-16-17-18-19-20-21-31(39)38-29-22-24-30(25-23-29)44-32(40)26-27-37-34(41)33-35(2,3)28-42-36(4,5)43-33/h13-14,22-25,33H,6-12,15-21,26-28H2,1-5H3,(H,37,41)(H,38,39)/b14-13-. The van der Waals surface area contributed by atoms with Crippen LogP contribution in [0.1, 0.15) is 131 Å². The van der Waals surface area contributed by atoms with Gasteiger partial charge in [0, 0.05) is 35.4 Å². The third kappa shape index (κ3) is 16.2. The summed E-state index contributed by atoms with van der Waals surface area (Å²) in [6.07, 6.45) is 20.9. The Morgan fingerprint density at radius 1 is 0.841 bits per heavy atom. The number of thioether (sulfide) groups is 1. The quantitative estimate of drug-likeness (QED) is 0.0800. The van der Waals surface area contributed by atoms with Crippen molar-refractivity contribution in [3.05, 3.63) is 36.4 Å². The largest absolute Gasteiger partial charge is 0.353 e. The molecule has 1 heterocycles. The molecule has 0 spiro atoms. The number of carbonyl (C=O) groups excluding carboxylic acids is 3. The predicted molar refractivity (Wildman–Crippen MR) is 182 cm³/mol. The highest BCUT2D eigenvalue weighted by molar-refractivity contribution is 8.13. The van der Waals surface area contributed by atoms with Gasteiger partial charge >= 0.3 is 0 Å².